The van der Waals surface area contributed by atoms with E-state index in [1.165, 1.54) is 0 Å². The van der Waals surface area contributed by atoms with Crippen LogP contribution in [0.25, 0.3) is 0 Å². The molecule has 3 nitrogen and oxygen atoms in total. The molecule has 2 atom stereocenters. The van der Waals surface area contributed by atoms with Gasteiger partial charge in [-0.2, -0.15) is 0 Å². The van der Waals surface area contributed by atoms with E-state index in [1.807, 2.05) is 0 Å². The normalized spacial score (nSPS) is 12.6. The summed E-state index contributed by atoms with van der Waals surface area (Å²) in [6.07, 6.45) is 1.04. The molecule has 0 aromatic heterocycles. The average Bonchev–Trinajstić information content (AvgIpc) is 1.87. The van der Waals surface area contributed by atoms with Gasteiger partial charge >= 0.3 is 14.4 Å². The van der Waals surface area contributed by atoms with Crippen LogP contribution in [0.5, 0.6) is 0 Å². The summed E-state index contributed by atoms with van der Waals surface area (Å²) in [7, 11) is -0.613. The zero-order chi connectivity index (χ0) is 7.28. The smallest absolute Gasteiger partial charge is 0.368 e. The molecular weight excluding hydrogens is 139 g/mol. The summed E-state index contributed by atoms with van der Waals surface area (Å²) in [5, 5.41) is 0. The van der Waals surface area contributed by atoms with Gasteiger partial charge in [-0.25, -0.2) is 4.79 Å². The molecule has 0 aromatic carbocycles. The van der Waals surface area contributed by atoms with Crippen molar-refractivity contribution in [3.05, 3.63) is 12.7 Å². The van der Waals surface area contributed by atoms with Crippen LogP contribution in [0.4, 0.5) is 0 Å². The monoisotopic (exact) mass is 147 g/mol. The van der Waals surface area contributed by atoms with Crippen molar-refractivity contribution >= 4 is 14.4 Å². The van der Waals surface area contributed by atoms with Crippen LogP contribution in [0.1, 0.15) is 6.92 Å². The van der Waals surface area contributed by atoms with Crippen LogP contribution >= 0.6 is 8.46 Å². The van der Waals surface area contributed by atoms with Crippen molar-refractivity contribution in [3.8, 4) is 0 Å². The summed E-state index contributed by atoms with van der Waals surface area (Å²) in [5.74, 6) is -1.05. The van der Waals surface area contributed by atoms with Crippen LogP contribution in [0.3, 0.4) is 0 Å². The molecule has 0 spiro atoms. The molecule has 0 saturated carbocycles. The Kier molecular flexibility index (Phi) is 3.89. The second-order valence-electron chi connectivity index (χ2n) is 1.40. The van der Waals surface area contributed by atoms with Crippen molar-refractivity contribution < 1.29 is 14.1 Å². The highest BCUT2D eigenvalue weighted by Crippen LogP contribution is 2.05. The maximum Gasteiger partial charge on any atom is 0.368 e. The first kappa shape index (κ1) is 8.31. The van der Waals surface area contributed by atoms with Crippen molar-refractivity contribution in [2.45, 2.75) is 12.8 Å². The molecule has 0 heterocycles. The Morgan fingerprint density at radius 1 is 1.89 bits per heavy atom. The van der Waals surface area contributed by atoms with Gasteiger partial charge in [-0.15, -0.1) is 0 Å². The molecule has 9 heavy (non-hydrogen) atoms. The fourth-order valence-electron chi connectivity index (χ4n) is 0.246. The summed E-state index contributed by atoms with van der Waals surface area (Å²) in [5.41, 5.74) is 0. The highest BCUT2D eigenvalue weighted by atomic mass is 31.1. The fourth-order valence-corrected chi connectivity index (χ4v) is 0.411. The molecule has 0 saturated heterocycles. The fraction of sp³-hybridized carbons (Fsp3) is 0.400. The van der Waals surface area contributed by atoms with Gasteiger partial charge in [-0.3, -0.25) is 0 Å². The SMILES string of the molecule is C=CC(=O)OC(C)[PH+]=O. The van der Waals surface area contributed by atoms with Gasteiger partial charge in [-0.1, -0.05) is 11.1 Å². The summed E-state index contributed by atoms with van der Waals surface area (Å²) >= 11 is 0. The van der Waals surface area contributed by atoms with Gasteiger partial charge in [0.1, 0.15) is 0 Å². The molecule has 0 bridgehead atoms. The average molecular weight is 147 g/mol. The molecule has 0 radical (unpaired) electrons. The van der Waals surface area contributed by atoms with E-state index < -0.39 is 20.3 Å². The van der Waals surface area contributed by atoms with Gasteiger partial charge in [-0.05, 0) is 0 Å². The van der Waals surface area contributed by atoms with E-state index in [2.05, 4.69) is 11.3 Å². The topological polar surface area (TPSA) is 43.4 Å². The Morgan fingerprint density at radius 2 is 2.44 bits per heavy atom. The molecule has 0 aliphatic heterocycles. The Hall–Kier alpha value is -0.690. The van der Waals surface area contributed by atoms with E-state index in [4.69, 9.17) is 0 Å². The van der Waals surface area contributed by atoms with Gasteiger partial charge in [0.15, 0.2) is 0 Å². The summed E-state index contributed by atoms with van der Waals surface area (Å²) in [6.45, 7) is 4.72. The molecular formula is C5H8O3P+. The van der Waals surface area contributed by atoms with Gasteiger partial charge in [0.25, 0.3) is 5.85 Å². The summed E-state index contributed by atoms with van der Waals surface area (Å²) in [6, 6.07) is 0. The molecule has 4 heteroatoms. The van der Waals surface area contributed by atoms with Crippen molar-refractivity contribution in [2.75, 3.05) is 0 Å². The van der Waals surface area contributed by atoms with Crippen molar-refractivity contribution in [1.82, 2.24) is 0 Å². The molecule has 0 N–H and O–H groups in total. The lowest BCUT2D eigenvalue weighted by Gasteiger charge is -1.94. The van der Waals surface area contributed by atoms with Crippen LogP contribution in [0, 0.1) is 0 Å². The number of carbonyl (C=O) groups is 1. The van der Waals surface area contributed by atoms with E-state index in [0.29, 0.717) is 0 Å². The van der Waals surface area contributed by atoms with E-state index in [0.717, 1.165) is 6.08 Å². The Bertz CT molecular complexity index is 132. The van der Waals surface area contributed by atoms with Crippen LogP contribution in [0.2, 0.25) is 0 Å². The van der Waals surface area contributed by atoms with Gasteiger partial charge in [0.2, 0.25) is 0 Å². The third kappa shape index (κ3) is 3.86. The Morgan fingerprint density at radius 3 is 2.78 bits per heavy atom. The zero-order valence-corrected chi connectivity index (χ0v) is 6.09. The molecule has 0 aliphatic carbocycles. The minimum atomic E-state index is -0.613. The lowest BCUT2D eigenvalue weighted by Crippen LogP contribution is -2.05. The first-order valence-corrected chi connectivity index (χ1v) is 3.40. The van der Waals surface area contributed by atoms with E-state index in [9.17, 15) is 9.36 Å². The van der Waals surface area contributed by atoms with Crippen LogP contribution in [-0.4, -0.2) is 11.8 Å². The van der Waals surface area contributed by atoms with Crippen molar-refractivity contribution in [2.24, 2.45) is 0 Å². The van der Waals surface area contributed by atoms with Gasteiger partial charge in [0.05, 0.1) is 0 Å². The van der Waals surface area contributed by atoms with Crippen molar-refractivity contribution in [1.29, 1.82) is 0 Å². The number of carbonyl (C=O) groups excluding carboxylic acids is 1. The second kappa shape index (κ2) is 4.21. The van der Waals surface area contributed by atoms with Gasteiger partial charge < -0.3 is 4.74 Å². The lowest BCUT2D eigenvalue weighted by molar-refractivity contribution is -0.138. The highest BCUT2D eigenvalue weighted by molar-refractivity contribution is 7.24. The van der Waals surface area contributed by atoms with E-state index in [1.54, 1.807) is 6.92 Å². The maximum atomic E-state index is 10.3. The number of ether oxygens (including phenoxy) is 1. The molecule has 0 fully saturated rings. The maximum absolute atomic E-state index is 10.3. The number of hydrogen-bond acceptors (Lipinski definition) is 3. The molecule has 50 valence electrons. The highest BCUT2D eigenvalue weighted by Gasteiger charge is 2.10. The predicted octanol–water partition coefficient (Wildman–Crippen LogP) is 1.09. The predicted molar refractivity (Wildman–Crippen MR) is 34.8 cm³/mol. The Labute approximate surface area is 54.9 Å². The largest absolute Gasteiger partial charge is 0.414 e. The third-order valence-corrected chi connectivity index (χ3v) is 1.08. The zero-order valence-electron chi connectivity index (χ0n) is 5.09. The molecule has 0 aliphatic rings. The van der Waals surface area contributed by atoms with E-state index in [-0.39, 0.29) is 0 Å². The number of hydrogen-bond donors (Lipinski definition) is 0. The third-order valence-electron chi connectivity index (χ3n) is 0.626. The number of rotatable bonds is 3. The summed E-state index contributed by atoms with van der Waals surface area (Å²) in [4.78, 5) is 10.3. The number of esters is 1. The van der Waals surface area contributed by atoms with E-state index >= 15 is 0 Å². The Balaban J connectivity index is 3.58. The lowest BCUT2D eigenvalue weighted by atomic mass is 10.6. The van der Waals surface area contributed by atoms with Crippen LogP contribution in [-0.2, 0) is 14.1 Å². The first-order valence-electron chi connectivity index (χ1n) is 2.41. The first-order chi connectivity index (χ1) is 4.20. The van der Waals surface area contributed by atoms with Crippen molar-refractivity contribution in [3.63, 3.8) is 0 Å². The molecule has 0 amide bonds. The second-order valence-corrected chi connectivity index (χ2v) is 2.45. The minimum Gasteiger partial charge on any atom is -0.414 e. The van der Waals surface area contributed by atoms with Gasteiger partial charge in [0, 0.05) is 13.0 Å². The quantitative estimate of drug-likeness (QED) is 0.341. The molecule has 2 unspecified atom stereocenters. The summed E-state index contributed by atoms with van der Waals surface area (Å²) < 4.78 is 14.5. The standard InChI is InChI=1S/C5H7O3P/c1-3-5(6)8-4(2)9-7/h3-4H,1H2,2H3/p+1. The minimum absolute atomic E-state index is 0.518. The van der Waals surface area contributed by atoms with Crippen LogP contribution < -0.4 is 0 Å². The molecule has 0 aromatic rings. The van der Waals surface area contributed by atoms with Crippen LogP contribution in [0.15, 0.2) is 12.7 Å². The molecule has 0 rings (SSSR count).